The van der Waals surface area contributed by atoms with Crippen molar-refractivity contribution in [3.63, 3.8) is 0 Å². The molecule has 7 heteroatoms. The summed E-state index contributed by atoms with van der Waals surface area (Å²) in [4.78, 5) is 12.9. The van der Waals surface area contributed by atoms with Gasteiger partial charge in [0.05, 0.1) is 0 Å². The normalized spacial score (nSPS) is 22.7. The van der Waals surface area contributed by atoms with Crippen LogP contribution in [0.25, 0.3) is 0 Å². The Kier molecular flexibility index (Phi) is 6.66. The van der Waals surface area contributed by atoms with Crippen LogP contribution in [0.3, 0.4) is 0 Å². The Balaban J connectivity index is 1.41. The molecule has 2 aliphatic heterocycles. The smallest absolute Gasteiger partial charge is 0.191 e. The fourth-order valence-corrected chi connectivity index (χ4v) is 3.81. The summed E-state index contributed by atoms with van der Waals surface area (Å²) >= 11 is 0. The average molecular weight is 362 g/mol. The van der Waals surface area contributed by atoms with Crippen LogP contribution in [0.4, 0.5) is 10.2 Å². The summed E-state index contributed by atoms with van der Waals surface area (Å²) in [6, 6.07) is 3.35. The van der Waals surface area contributed by atoms with E-state index >= 15 is 0 Å². The average Bonchev–Trinajstić information content (AvgIpc) is 3.11. The molecule has 0 spiro atoms. The van der Waals surface area contributed by atoms with E-state index in [2.05, 4.69) is 32.6 Å². The third-order valence-corrected chi connectivity index (χ3v) is 5.47. The van der Waals surface area contributed by atoms with E-state index in [4.69, 9.17) is 0 Å². The quantitative estimate of drug-likeness (QED) is 0.617. The largest absolute Gasteiger partial charge is 0.356 e. The minimum Gasteiger partial charge on any atom is -0.356 e. The maximum atomic E-state index is 13.9. The molecule has 1 unspecified atom stereocenters. The molecule has 0 amide bonds. The molecular formula is C19H31FN6. The van der Waals surface area contributed by atoms with E-state index < -0.39 is 0 Å². The van der Waals surface area contributed by atoms with E-state index in [1.54, 1.807) is 19.3 Å². The molecule has 0 saturated carbocycles. The maximum absolute atomic E-state index is 13.9. The first-order valence-electron chi connectivity index (χ1n) is 9.67. The third-order valence-electron chi connectivity index (χ3n) is 5.47. The molecule has 1 aromatic heterocycles. The molecule has 2 fully saturated rings. The van der Waals surface area contributed by atoms with E-state index in [0.29, 0.717) is 5.82 Å². The molecule has 0 radical (unpaired) electrons. The van der Waals surface area contributed by atoms with Crippen LogP contribution < -0.4 is 15.5 Å². The lowest BCUT2D eigenvalue weighted by Crippen LogP contribution is -2.45. The second-order valence-electron chi connectivity index (χ2n) is 7.42. The fourth-order valence-electron chi connectivity index (χ4n) is 3.81. The molecule has 6 nitrogen and oxygen atoms in total. The predicted octanol–water partition coefficient (Wildman–Crippen LogP) is 1.70. The summed E-state index contributed by atoms with van der Waals surface area (Å²) < 4.78 is 13.9. The van der Waals surface area contributed by atoms with Gasteiger partial charge in [0.2, 0.25) is 0 Å². The Morgan fingerprint density at radius 3 is 2.85 bits per heavy atom. The zero-order chi connectivity index (χ0) is 18.4. The number of pyridine rings is 1. The molecule has 26 heavy (non-hydrogen) atoms. The van der Waals surface area contributed by atoms with E-state index in [1.807, 2.05) is 4.90 Å². The Morgan fingerprint density at radius 1 is 1.31 bits per heavy atom. The van der Waals surface area contributed by atoms with Gasteiger partial charge in [-0.05, 0) is 63.9 Å². The van der Waals surface area contributed by atoms with E-state index in [-0.39, 0.29) is 11.9 Å². The maximum Gasteiger partial charge on any atom is 0.191 e. The molecule has 2 saturated heterocycles. The molecular weight excluding hydrogens is 331 g/mol. The summed E-state index contributed by atoms with van der Waals surface area (Å²) in [5.74, 6) is 1.84. The summed E-state index contributed by atoms with van der Waals surface area (Å²) in [6.07, 6.45) is 6.35. The van der Waals surface area contributed by atoms with Crippen molar-refractivity contribution < 1.29 is 4.39 Å². The van der Waals surface area contributed by atoms with Crippen LogP contribution in [-0.2, 0) is 0 Å². The summed E-state index contributed by atoms with van der Waals surface area (Å²) in [6.45, 7) is 4.90. The topological polar surface area (TPSA) is 55.8 Å². The zero-order valence-electron chi connectivity index (χ0n) is 15.9. The van der Waals surface area contributed by atoms with Crippen molar-refractivity contribution in [3.8, 4) is 0 Å². The molecule has 0 bridgehead atoms. The lowest BCUT2D eigenvalue weighted by molar-refractivity contribution is 0.213. The van der Waals surface area contributed by atoms with E-state index in [0.717, 1.165) is 37.9 Å². The number of rotatable bonds is 5. The predicted molar refractivity (Wildman–Crippen MR) is 104 cm³/mol. The Morgan fingerprint density at radius 2 is 2.12 bits per heavy atom. The Hall–Kier alpha value is -1.89. The molecule has 1 atom stereocenters. The first-order chi connectivity index (χ1) is 12.7. The van der Waals surface area contributed by atoms with Crippen molar-refractivity contribution in [2.45, 2.75) is 31.7 Å². The van der Waals surface area contributed by atoms with Gasteiger partial charge in [-0.1, -0.05) is 0 Å². The monoisotopic (exact) mass is 362 g/mol. The van der Waals surface area contributed by atoms with Gasteiger partial charge >= 0.3 is 0 Å². The van der Waals surface area contributed by atoms with Gasteiger partial charge in [0, 0.05) is 38.9 Å². The number of anilines is 1. The van der Waals surface area contributed by atoms with E-state index in [1.165, 1.54) is 38.4 Å². The highest BCUT2D eigenvalue weighted by molar-refractivity contribution is 5.80. The van der Waals surface area contributed by atoms with Crippen molar-refractivity contribution >= 4 is 11.8 Å². The summed E-state index contributed by atoms with van der Waals surface area (Å²) in [5, 5.41) is 6.91. The number of guanidine groups is 1. The summed E-state index contributed by atoms with van der Waals surface area (Å²) in [5.41, 5.74) is 0. The molecule has 144 valence electrons. The molecule has 2 aliphatic rings. The van der Waals surface area contributed by atoms with Gasteiger partial charge in [0.15, 0.2) is 17.6 Å². The number of halogens is 1. The standard InChI is InChI=1S/C19H31FN6/c1-21-19(23-10-5-15-6-11-25(2)12-7-15)24-16-8-13-26(14-16)18-17(20)4-3-9-22-18/h3-4,9,15-16H,5-8,10-14H2,1-2H3,(H2,21,23,24). The van der Waals surface area contributed by atoms with Gasteiger partial charge < -0.3 is 20.4 Å². The minimum atomic E-state index is -0.256. The number of aromatic nitrogens is 1. The first kappa shape index (κ1) is 18.9. The van der Waals surface area contributed by atoms with Crippen LogP contribution in [0, 0.1) is 11.7 Å². The van der Waals surface area contributed by atoms with Crippen molar-refractivity contribution in [2.75, 3.05) is 51.7 Å². The highest BCUT2D eigenvalue weighted by atomic mass is 19.1. The first-order valence-corrected chi connectivity index (χ1v) is 9.67. The second-order valence-corrected chi connectivity index (χ2v) is 7.42. The van der Waals surface area contributed by atoms with Gasteiger partial charge in [-0.2, -0.15) is 0 Å². The van der Waals surface area contributed by atoms with Crippen LogP contribution in [0.5, 0.6) is 0 Å². The van der Waals surface area contributed by atoms with Crippen molar-refractivity contribution in [3.05, 3.63) is 24.1 Å². The number of hydrogen-bond donors (Lipinski definition) is 2. The Labute approximate surface area is 155 Å². The fraction of sp³-hybridized carbons (Fsp3) is 0.684. The van der Waals surface area contributed by atoms with Crippen LogP contribution in [0.15, 0.2) is 23.3 Å². The second kappa shape index (κ2) is 9.16. The lowest BCUT2D eigenvalue weighted by atomic mass is 9.94. The highest BCUT2D eigenvalue weighted by Gasteiger charge is 2.26. The third kappa shape index (κ3) is 5.06. The molecule has 3 rings (SSSR count). The summed E-state index contributed by atoms with van der Waals surface area (Å²) in [7, 11) is 4.00. The molecule has 0 aromatic carbocycles. The number of piperidine rings is 1. The van der Waals surface area contributed by atoms with Crippen LogP contribution in [0.1, 0.15) is 25.7 Å². The number of aliphatic imine (C=N–C) groups is 1. The van der Waals surface area contributed by atoms with Crippen LogP contribution in [0.2, 0.25) is 0 Å². The number of nitrogens with one attached hydrogen (secondary N) is 2. The lowest BCUT2D eigenvalue weighted by Gasteiger charge is -2.29. The van der Waals surface area contributed by atoms with Gasteiger partial charge in [-0.15, -0.1) is 0 Å². The van der Waals surface area contributed by atoms with Crippen LogP contribution >= 0.6 is 0 Å². The molecule has 0 aliphatic carbocycles. The molecule has 1 aromatic rings. The molecule has 3 heterocycles. The van der Waals surface area contributed by atoms with Gasteiger partial charge in [0.25, 0.3) is 0 Å². The van der Waals surface area contributed by atoms with Crippen molar-refractivity contribution in [2.24, 2.45) is 10.9 Å². The Bertz CT molecular complexity index is 599. The number of hydrogen-bond acceptors (Lipinski definition) is 4. The molecule has 2 N–H and O–H groups in total. The van der Waals surface area contributed by atoms with E-state index in [9.17, 15) is 4.39 Å². The number of nitrogens with zero attached hydrogens (tertiary/aromatic N) is 4. The SMILES string of the molecule is CN=C(NCCC1CCN(C)CC1)NC1CCN(c2ncccc2F)C1. The van der Waals surface area contributed by atoms with Gasteiger partial charge in [0.1, 0.15) is 0 Å². The van der Waals surface area contributed by atoms with Crippen molar-refractivity contribution in [1.29, 1.82) is 0 Å². The number of likely N-dealkylation sites (tertiary alicyclic amines) is 1. The van der Waals surface area contributed by atoms with Crippen molar-refractivity contribution in [1.82, 2.24) is 20.5 Å². The van der Waals surface area contributed by atoms with Crippen LogP contribution in [-0.4, -0.2) is 68.7 Å². The van der Waals surface area contributed by atoms with Gasteiger partial charge in [-0.3, -0.25) is 4.99 Å². The minimum absolute atomic E-state index is 0.255. The zero-order valence-corrected chi connectivity index (χ0v) is 15.9. The highest BCUT2D eigenvalue weighted by Crippen LogP contribution is 2.21. The van der Waals surface area contributed by atoms with Gasteiger partial charge in [-0.25, -0.2) is 9.37 Å².